The lowest BCUT2D eigenvalue weighted by molar-refractivity contribution is 0.313. The molecule has 0 aliphatic heterocycles. The van der Waals surface area contributed by atoms with Gasteiger partial charge in [0.05, 0.1) is 12.4 Å². The van der Waals surface area contributed by atoms with E-state index in [1.54, 1.807) is 6.92 Å². The van der Waals surface area contributed by atoms with E-state index in [2.05, 4.69) is 0 Å². The van der Waals surface area contributed by atoms with E-state index in [-0.39, 0.29) is 11.5 Å². The van der Waals surface area contributed by atoms with Gasteiger partial charge in [0.1, 0.15) is 15.6 Å². The molecule has 0 atom stereocenters. The van der Waals surface area contributed by atoms with E-state index in [4.69, 9.17) is 10.5 Å². The highest BCUT2D eigenvalue weighted by Crippen LogP contribution is 2.24. The van der Waals surface area contributed by atoms with Crippen LogP contribution in [0.4, 0.5) is 0 Å². The zero-order valence-electron chi connectivity index (χ0n) is 11.9. The molecule has 0 bridgehead atoms. The molecule has 1 rings (SSSR count). The van der Waals surface area contributed by atoms with Crippen molar-refractivity contribution in [1.82, 2.24) is 0 Å². The number of aryl methyl sites for hydroxylation is 2. The molecule has 2 N–H and O–H groups in total. The summed E-state index contributed by atoms with van der Waals surface area (Å²) in [5.74, 6) is 1.21. The van der Waals surface area contributed by atoms with Crippen LogP contribution in [0.5, 0.6) is 5.75 Å². The van der Waals surface area contributed by atoms with E-state index in [1.165, 1.54) is 0 Å². The Morgan fingerprint density at radius 1 is 1.21 bits per heavy atom. The summed E-state index contributed by atoms with van der Waals surface area (Å²) >= 11 is 0. The van der Waals surface area contributed by atoms with Gasteiger partial charge in [0, 0.05) is 12.3 Å². The lowest BCUT2D eigenvalue weighted by Gasteiger charge is -2.13. The van der Waals surface area contributed by atoms with E-state index >= 15 is 0 Å². The van der Waals surface area contributed by atoms with Gasteiger partial charge in [0.15, 0.2) is 0 Å². The molecule has 0 radical (unpaired) electrons. The first-order valence-corrected chi connectivity index (χ1v) is 8.35. The van der Waals surface area contributed by atoms with E-state index in [1.807, 2.05) is 26.0 Å². The lowest BCUT2D eigenvalue weighted by atomic mass is 10.1. The Morgan fingerprint density at radius 2 is 1.79 bits per heavy atom. The normalized spacial score (nSPS) is 11.6. The van der Waals surface area contributed by atoms with Crippen molar-refractivity contribution in [3.05, 3.63) is 28.8 Å². The maximum Gasteiger partial charge on any atom is 0.150 e. The standard InChI is InChI=1S/C14H23NO3S/c1-4-19(16,17)7-5-6-18-14-11(2)8-13(10-15)9-12(14)3/h8-9H,4-7,10,15H2,1-3H3. The summed E-state index contributed by atoms with van der Waals surface area (Å²) in [7, 11) is -2.90. The Morgan fingerprint density at radius 3 is 2.26 bits per heavy atom. The third-order valence-electron chi connectivity index (χ3n) is 3.04. The number of sulfone groups is 1. The topological polar surface area (TPSA) is 69.4 Å². The average Bonchev–Trinajstić information content (AvgIpc) is 2.36. The Hall–Kier alpha value is -1.07. The number of hydrogen-bond acceptors (Lipinski definition) is 4. The summed E-state index contributed by atoms with van der Waals surface area (Å²) in [4.78, 5) is 0. The molecule has 0 fully saturated rings. The summed E-state index contributed by atoms with van der Waals surface area (Å²) < 4.78 is 28.4. The van der Waals surface area contributed by atoms with E-state index in [0.29, 0.717) is 19.6 Å². The first-order chi connectivity index (χ1) is 8.89. The third-order valence-corrected chi connectivity index (χ3v) is 4.83. The van der Waals surface area contributed by atoms with Crippen LogP contribution < -0.4 is 10.5 Å². The van der Waals surface area contributed by atoms with Crippen LogP contribution in [0.25, 0.3) is 0 Å². The highest BCUT2D eigenvalue weighted by molar-refractivity contribution is 7.91. The first kappa shape index (κ1) is 16.0. The monoisotopic (exact) mass is 285 g/mol. The fraction of sp³-hybridized carbons (Fsp3) is 0.571. The number of nitrogens with two attached hydrogens (primary N) is 1. The molecule has 0 unspecified atom stereocenters. The molecule has 108 valence electrons. The van der Waals surface area contributed by atoms with Gasteiger partial charge in [-0.1, -0.05) is 19.1 Å². The highest BCUT2D eigenvalue weighted by atomic mass is 32.2. The number of ether oxygens (including phenoxy) is 1. The Balaban J connectivity index is 2.59. The van der Waals surface area contributed by atoms with Crippen LogP contribution in [0, 0.1) is 13.8 Å². The lowest BCUT2D eigenvalue weighted by Crippen LogP contribution is -2.12. The van der Waals surface area contributed by atoms with Gasteiger partial charge in [0.25, 0.3) is 0 Å². The maximum atomic E-state index is 11.4. The number of rotatable bonds is 7. The van der Waals surface area contributed by atoms with Crippen molar-refractivity contribution in [3.63, 3.8) is 0 Å². The molecule has 5 heteroatoms. The van der Waals surface area contributed by atoms with Crippen molar-refractivity contribution in [1.29, 1.82) is 0 Å². The van der Waals surface area contributed by atoms with Gasteiger partial charge in [-0.15, -0.1) is 0 Å². The maximum absolute atomic E-state index is 11.4. The summed E-state index contributed by atoms with van der Waals surface area (Å²) in [5, 5.41) is 0. The molecule has 0 amide bonds. The van der Waals surface area contributed by atoms with Crippen LogP contribution in [-0.4, -0.2) is 26.5 Å². The molecular formula is C14H23NO3S. The predicted octanol–water partition coefficient (Wildman–Crippen LogP) is 1.97. The smallest absolute Gasteiger partial charge is 0.150 e. The van der Waals surface area contributed by atoms with Gasteiger partial charge >= 0.3 is 0 Å². The Bertz CT molecular complexity index is 500. The SMILES string of the molecule is CCS(=O)(=O)CCCOc1c(C)cc(CN)cc1C. The molecular weight excluding hydrogens is 262 g/mol. The molecule has 0 saturated carbocycles. The summed E-state index contributed by atoms with van der Waals surface area (Å²) in [5.41, 5.74) is 8.78. The zero-order chi connectivity index (χ0) is 14.5. The minimum atomic E-state index is -2.90. The van der Waals surface area contributed by atoms with Gasteiger partial charge in [-0.3, -0.25) is 0 Å². The fourth-order valence-corrected chi connectivity index (χ4v) is 2.83. The molecule has 1 aromatic rings. The van der Waals surface area contributed by atoms with Crippen molar-refractivity contribution in [3.8, 4) is 5.75 Å². The Labute approximate surface area is 115 Å². The van der Waals surface area contributed by atoms with Gasteiger partial charge in [-0.05, 0) is 37.0 Å². The molecule has 0 saturated heterocycles. The van der Waals surface area contributed by atoms with Crippen LogP contribution in [0.3, 0.4) is 0 Å². The van der Waals surface area contributed by atoms with Crippen molar-refractivity contribution >= 4 is 9.84 Å². The molecule has 0 aliphatic carbocycles. The molecule has 0 heterocycles. The van der Waals surface area contributed by atoms with Crippen molar-refractivity contribution in [2.24, 2.45) is 5.73 Å². The third kappa shape index (κ3) is 4.84. The van der Waals surface area contributed by atoms with Crippen LogP contribution in [0.15, 0.2) is 12.1 Å². The Kier molecular flexibility index (Phi) is 5.82. The van der Waals surface area contributed by atoms with E-state index in [0.717, 1.165) is 22.4 Å². The largest absolute Gasteiger partial charge is 0.493 e. The second-order valence-electron chi connectivity index (χ2n) is 4.70. The van der Waals surface area contributed by atoms with Crippen LogP contribution in [-0.2, 0) is 16.4 Å². The minimum Gasteiger partial charge on any atom is -0.493 e. The number of benzene rings is 1. The highest BCUT2D eigenvalue weighted by Gasteiger charge is 2.09. The summed E-state index contributed by atoms with van der Waals surface area (Å²) in [6.07, 6.45) is 0.522. The van der Waals surface area contributed by atoms with Crippen molar-refractivity contribution < 1.29 is 13.2 Å². The minimum absolute atomic E-state index is 0.183. The van der Waals surface area contributed by atoms with Gasteiger partial charge < -0.3 is 10.5 Å². The second-order valence-corrected chi connectivity index (χ2v) is 7.17. The first-order valence-electron chi connectivity index (χ1n) is 6.53. The van der Waals surface area contributed by atoms with Gasteiger partial charge in [0.2, 0.25) is 0 Å². The molecule has 0 spiro atoms. The predicted molar refractivity (Wildman–Crippen MR) is 78.2 cm³/mol. The fourth-order valence-electron chi connectivity index (χ4n) is 1.98. The van der Waals surface area contributed by atoms with Crippen LogP contribution in [0.1, 0.15) is 30.0 Å². The van der Waals surface area contributed by atoms with E-state index in [9.17, 15) is 8.42 Å². The van der Waals surface area contributed by atoms with Crippen molar-refractivity contribution in [2.45, 2.75) is 33.7 Å². The number of hydrogen-bond donors (Lipinski definition) is 1. The van der Waals surface area contributed by atoms with Gasteiger partial charge in [-0.25, -0.2) is 8.42 Å². The van der Waals surface area contributed by atoms with Gasteiger partial charge in [-0.2, -0.15) is 0 Å². The second kappa shape index (κ2) is 6.91. The van der Waals surface area contributed by atoms with Crippen molar-refractivity contribution in [2.75, 3.05) is 18.1 Å². The molecule has 19 heavy (non-hydrogen) atoms. The summed E-state index contributed by atoms with van der Waals surface area (Å²) in [6.45, 7) is 6.55. The van der Waals surface area contributed by atoms with Crippen LogP contribution in [0.2, 0.25) is 0 Å². The molecule has 0 aliphatic rings. The molecule has 4 nitrogen and oxygen atoms in total. The molecule has 1 aromatic carbocycles. The molecule has 0 aromatic heterocycles. The quantitative estimate of drug-likeness (QED) is 0.778. The van der Waals surface area contributed by atoms with Crippen LogP contribution >= 0.6 is 0 Å². The van der Waals surface area contributed by atoms with E-state index < -0.39 is 9.84 Å². The summed E-state index contributed by atoms with van der Waals surface area (Å²) in [6, 6.07) is 4.01. The zero-order valence-corrected chi connectivity index (χ0v) is 12.7. The average molecular weight is 285 g/mol.